The van der Waals surface area contributed by atoms with Crippen LogP contribution in [0.5, 0.6) is 0 Å². The Morgan fingerprint density at radius 1 is 1.29 bits per heavy atom. The van der Waals surface area contributed by atoms with Crippen LogP contribution in [0.15, 0.2) is 0 Å². The summed E-state index contributed by atoms with van der Waals surface area (Å²) in [6.07, 6.45) is 8.11. The van der Waals surface area contributed by atoms with Gasteiger partial charge in [0.05, 0.1) is 5.54 Å². The van der Waals surface area contributed by atoms with Crippen molar-refractivity contribution in [2.24, 2.45) is 11.7 Å². The van der Waals surface area contributed by atoms with Crippen LogP contribution < -0.4 is 11.1 Å². The molecule has 0 aromatic carbocycles. The number of piperidine rings is 1. The summed E-state index contributed by atoms with van der Waals surface area (Å²) in [5.74, 6) is 0.673. The molecular formula is C17H33N3O. The Bertz CT molecular complexity index is 356. The summed E-state index contributed by atoms with van der Waals surface area (Å²) in [7, 11) is 0. The minimum atomic E-state index is -0.511. The lowest BCUT2D eigenvalue weighted by Crippen LogP contribution is -2.54. The molecule has 0 aromatic rings. The number of likely N-dealkylation sites (tertiary alicyclic amines) is 1. The highest BCUT2D eigenvalue weighted by molar-refractivity contribution is 5.84. The number of carbonyl (C=O) groups excluding carboxylic acids is 1. The fraction of sp³-hybridized carbons (Fsp3) is 0.941. The highest BCUT2D eigenvalue weighted by atomic mass is 16.1. The van der Waals surface area contributed by atoms with E-state index in [9.17, 15) is 4.79 Å². The molecule has 2 fully saturated rings. The smallest absolute Gasteiger partial charge is 0.237 e. The van der Waals surface area contributed by atoms with E-state index in [1.165, 1.54) is 32.2 Å². The van der Waals surface area contributed by atoms with Gasteiger partial charge in [-0.2, -0.15) is 0 Å². The van der Waals surface area contributed by atoms with Gasteiger partial charge in [0, 0.05) is 12.1 Å². The maximum Gasteiger partial charge on any atom is 0.237 e. The van der Waals surface area contributed by atoms with Crippen LogP contribution in [0, 0.1) is 5.92 Å². The molecule has 2 aliphatic rings. The van der Waals surface area contributed by atoms with Gasteiger partial charge in [-0.3, -0.25) is 4.79 Å². The van der Waals surface area contributed by atoms with Gasteiger partial charge in [0.1, 0.15) is 0 Å². The molecule has 0 aromatic heterocycles. The summed E-state index contributed by atoms with van der Waals surface area (Å²) in [5.41, 5.74) is 5.09. The van der Waals surface area contributed by atoms with Crippen LogP contribution in [0.1, 0.15) is 65.7 Å². The Kier molecular flexibility index (Phi) is 5.67. The van der Waals surface area contributed by atoms with Gasteiger partial charge in [0.15, 0.2) is 0 Å². The molecule has 0 bridgehead atoms. The number of hydrogen-bond acceptors (Lipinski definition) is 3. The summed E-state index contributed by atoms with van der Waals surface area (Å²) < 4.78 is 0. The molecule has 3 N–H and O–H groups in total. The Morgan fingerprint density at radius 2 is 2.00 bits per heavy atom. The van der Waals surface area contributed by atoms with Crippen molar-refractivity contribution in [1.29, 1.82) is 0 Å². The standard InChI is InChI=1S/C17H33N3O/c1-13-8-11-20(14(2)12-13)10-5-4-9-17(3,16(18)21)19-15-6-7-15/h13-15,19H,4-12H2,1-3H3,(H2,18,21). The third kappa shape index (κ3) is 4.96. The van der Waals surface area contributed by atoms with E-state index in [0.717, 1.165) is 31.7 Å². The molecule has 4 nitrogen and oxygen atoms in total. The molecule has 2 rings (SSSR count). The fourth-order valence-electron chi connectivity index (χ4n) is 3.53. The zero-order chi connectivity index (χ0) is 15.5. The number of rotatable bonds is 8. The maximum absolute atomic E-state index is 11.7. The van der Waals surface area contributed by atoms with E-state index in [-0.39, 0.29) is 5.91 Å². The first kappa shape index (κ1) is 16.8. The van der Waals surface area contributed by atoms with Crippen molar-refractivity contribution in [2.45, 2.75) is 83.3 Å². The zero-order valence-electron chi connectivity index (χ0n) is 14.0. The lowest BCUT2D eigenvalue weighted by atomic mass is 9.92. The zero-order valence-corrected chi connectivity index (χ0v) is 14.0. The highest BCUT2D eigenvalue weighted by Crippen LogP contribution is 2.26. The van der Waals surface area contributed by atoms with Crippen molar-refractivity contribution in [3.63, 3.8) is 0 Å². The van der Waals surface area contributed by atoms with Crippen molar-refractivity contribution in [1.82, 2.24) is 10.2 Å². The molecule has 21 heavy (non-hydrogen) atoms. The first-order valence-electron chi connectivity index (χ1n) is 8.72. The number of nitrogens with one attached hydrogen (secondary N) is 1. The van der Waals surface area contributed by atoms with Gasteiger partial charge in [-0.25, -0.2) is 0 Å². The average molecular weight is 295 g/mol. The number of carbonyl (C=O) groups is 1. The molecule has 1 aliphatic heterocycles. The number of primary amides is 1. The topological polar surface area (TPSA) is 58.4 Å². The lowest BCUT2D eigenvalue weighted by molar-refractivity contribution is -0.124. The second-order valence-electron chi connectivity index (χ2n) is 7.59. The SMILES string of the molecule is CC1CCN(CCCCC(C)(NC2CC2)C(N)=O)C(C)C1. The Morgan fingerprint density at radius 3 is 2.57 bits per heavy atom. The van der Waals surface area contributed by atoms with Gasteiger partial charge in [0.2, 0.25) is 5.91 Å². The van der Waals surface area contributed by atoms with E-state index in [4.69, 9.17) is 5.73 Å². The lowest BCUT2D eigenvalue weighted by Gasteiger charge is -2.36. The molecule has 3 unspecified atom stereocenters. The number of nitrogens with zero attached hydrogens (tertiary/aromatic N) is 1. The molecule has 4 heteroatoms. The number of hydrogen-bond donors (Lipinski definition) is 2. The highest BCUT2D eigenvalue weighted by Gasteiger charge is 2.36. The molecule has 1 aliphatic carbocycles. The summed E-state index contributed by atoms with van der Waals surface area (Å²) in [6, 6.07) is 1.23. The predicted octanol–water partition coefficient (Wildman–Crippen LogP) is 2.27. The van der Waals surface area contributed by atoms with Gasteiger partial charge < -0.3 is 16.0 Å². The van der Waals surface area contributed by atoms with Crippen LogP contribution in [-0.2, 0) is 4.79 Å². The van der Waals surface area contributed by atoms with E-state index >= 15 is 0 Å². The number of nitrogens with two attached hydrogens (primary N) is 1. The van der Waals surface area contributed by atoms with Crippen LogP contribution in [-0.4, -0.2) is 41.5 Å². The molecule has 3 atom stereocenters. The summed E-state index contributed by atoms with van der Waals surface area (Å²) in [4.78, 5) is 14.3. The maximum atomic E-state index is 11.7. The predicted molar refractivity (Wildman–Crippen MR) is 87.0 cm³/mol. The van der Waals surface area contributed by atoms with Crippen molar-refractivity contribution in [2.75, 3.05) is 13.1 Å². The minimum Gasteiger partial charge on any atom is -0.368 e. The second-order valence-corrected chi connectivity index (χ2v) is 7.59. The van der Waals surface area contributed by atoms with Crippen LogP contribution >= 0.6 is 0 Å². The number of unbranched alkanes of at least 4 members (excludes halogenated alkanes) is 1. The van der Waals surface area contributed by atoms with Crippen LogP contribution in [0.2, 0.25) is 0 Å². The first-order chi connectivity index (χ1) is 9.90. The molecular weight excluding hydrogens is 262 g/mol. The van der Waals surface area contributed by atoms with Crippen LogP contribution in [0.4, 0.5) is 0 Å². The van der Waals surface area contributed by atoms with Crippen molar-refractivity contribution in [3.8, 4) is 0 Å². The normalized spacial score (nSPS) is 30.0. The third-order valence-corrected chi connectivity index (χ3v) is 5.29. The minimum absolute atomic E-state index is 0.199. The largest absolute Gasteiger partial charge is 0.368 e. The van der Waals surface area contributed by atoms with Gasteiger partial charge in [-0.15, -0.1) is 0 Å². The average Bonchev–Trinajstić information content (AvgIpc) is 3.20. The van der Waals surface area contributed by atoms with Crippen LogP contribution in [0.25, 0.3) is 0 Å². The van der Waals surface area contributed by atoms with Gasteiger partial charge in [0.25, 0.3) is 0 Å². The second kappa shape index (κ2) is 7.10. The monoisotopic (exact) mass is 295 g/mol. The summed E-state index contributed by atoms with van der Waals surface area (Å²) in [6.45, 7) is 9.06. The Labute approximate surface area is 129 Å². The van der Waals surface area contributed by atoms with Gasteiger partial charge in [-0.05, 0) is 77.8 Å². The van der Waals surface area contributed by atoms with Crippen molar-refractivity contribution < 1.29 is 4.79 Å². The van der Waals surface area contributed by atoms with E-state index in [1.807, 2.05) is 6.92 Å². The van der Waals surface area contributed by atoms with E-state index in [2.05, 4.69) is 24.1 Å². The summed E-state index contributed by atoms with van der Waals surface area (Å²) in [5, 5.41) is 3.43. The molecule has 0 radical (unpaired) electrons. The molecule has 1 amide bonds. The first-order valence-corrected chi connectivity index (χ1v) is 8.72. The quantitative estimate of drug-likeness (QED) is 0.675. The fourth-order valence-corrected chi connectivity index (χ4v) is 3.53. The molecule has 0 spiro atoms. The van der Waals surface area contributed by atoms with Gasteiger partial charge >= 0.3 is 0 Å². The van der Waals surface area contributed by atoms with E-state index in [1.54, 1.807) is 0 Å². The van der Waals surface area contributed by atoms with E-state index in [0.29, 0.717) is 12.1 Å². The van der Waals surface area contributed by atoms with E-state index < -0.39 is 5.54 Å². The van der Waals surface area contributed by atoms with Gasteiger partial charge in [-0.1, -0.05) is 6.92 Å². The van der Waals surface area contributed by atoms with Crippen molar-refractivity contribution in [3.05, 3.63) is 0 Å². The number of amides is 1. The van der Waals surface area contributed by atoms with Crippen LogP contribution in [0.3, 0.4) is 0 Å². The Balaban J connectivity index is 1.69. The summed E-state index contributed by atoms with van der Waals surface area (Å²) >= 11 is 0. The Hall–Kier alpha value is -0.610. The third-order valence-electron chi connectivity index (χ3n) is 5.29. The van der Waals surface area contributed by atoms with Crippen molar-refractivity contribution >= 4 is 5.91 Å². The molecule has 122 valence electrons. The molecule has 1 saturated carbocycles. The molecule has 1 heterocycles. The molecule has 1 saturated heterocycles.